The van der Waals surface area contributed by atoms with Crippen molar-refractivity contribution < 1.29 is 0 Å². The molecular weight excluding hydrogens is 296 g/mol. The van der Waals surface area contributed by atoms with Gasteiger partial charge in [0.25, 0.3) is 0 Å². The van der Waals surface area contributed by atoms with Crippen LogP contribution in [-0.2, 0) is 6.54 Å². The van der Waals surface area contributed by atoms with Gasteiger partial charge in [0.2, 0.25) is 0 Å². The fraction of sp³-hybridized carbons (Fsp3) is 0.400. The summed E-state index contributed by atoms with van der Waals surface area (Å²) in [6.07, 6.45) is 8.80. The van der Waals surface area contributed by atoms with Crippen LogP contribution < -0.4 is 0 Å². The topological polar surface area (TPSA) is 43.8 Å². The number of H-pyrrole nitrogens is 1. The molecule has 24 heavy (non-hydrogen) atoms. The Bertz CT molecular complexity index is 899. The Morgan fingerprint density at radius 1 is 1.33 bits per heavy atom. The van der Waals surface area contributed by atoms with Crippen LogP contribution >= 0.6 is 0 Å². The van der Waals surface area contributed by atoms with Crippen LogP contribution in [0.1, 0.15) is 32.4 Å². The first-order valence-corrected chi connectivity index (χ1v) is 8.77. The van der Waals surface area contributed by atoms with Crippen LogP contribution in [0.4, 0.5) is 5.69 Å². The van der Waals surface area contributed by atoms with E-state index in [0.717, 1.165) is 29.4 Å². The second-order valence-electron chi connectivity index (χ2n) is 7.83. The monoisotopic (exact) mass is 318 g/mol. The Balaban J connectivity index is 1.38. The lowest BCUT2D eigenvalue weighted by Gasteiger charge is -2.55. The fourth-order valence-corrected chi connectivity index (χ4v) is 4.53. The van der Waals surface area contributed by atoms with Crippen molar-refractivity contribution in [2.75, 3.05) is 0 Å². The summed E-state index contributed by atoms with van der Waals surface area (Å²) >= 11 is 0. The van der Waals surface area contributed by atoms with Crippen molar-refractivity contribution in [1.29, 1.82) is 0 Å². The average Bonchev–Trinajstić information content (AvgIpc) is 2.97. The molecule has 2 atom stereocenters. The van der Waals surface area contributed by atoms with Gasteiger partial charge in [-0.15, -0.1) is 0 Å². The summed E-state index contributed by atoms with van der Waals surface area (Å²) in [4.78, 5) is 8.09. The van der Waals surface area contributed by atoms with E-state index >= 15 is 0 Å². The number of aromatic amines is 1. The largest absolute Gasteiger partial charge is 0.355 e. The number of nitrogens with one attached hydrogen (secondary N) is 1. The maximum Gasteiger partial charge on any atom is 0.113 e. The molecule has 2 unspecified atom stereocenters. The van der Waals surface area contributed by atoms with Crippen LogP contribution in [0.15, 0.2) is 46.0 Å². The van der Waals surface area contributed by atoms with E-state index in [0.29, 0.717) is 11.3 Å². The maximum absolute atomic E-state index is 4.69. The van der Waals surface area contributed by atoms with Crippen LogP contribution in [0.5, 0.6) is 0 Å². The van der Waals surface area contributed by atoms with Crippen LogP contribution in [0, 0.1) is 17.3 Å². The molecule has 1 aliphatic heterocycles. The lowest BCUT2D eigenvalue weighted by atomic mass is 9.49. The molecule has 0 saturated heterocycles. The van der Waals surface area contributed by atoms with Crippen molar-refractivity contribution >= 4 is 29.1 Å². The maximum atomic E-state index is 4.69. The smallest absolute Gasteiger partial charge is 0.113 e. The van der Waals surface area contributed by atoms with Gasteiger partial charge in [-0.3, -0.25) is 0 Å². The summed E-state index contributed by atoms with van der Waals surface area (Å²) in [6, 6.07) is 8.31. The molecule has 0 amide bonds. The van der Waals surface area contributed by atoms with Crippen LogP contribution in [0.2, 0.25) is 0 Å². The molecule has 2 bridgehead atoms. The molecular formula is C20H22N4. The van der Waals surface area contributed by atoms with E-state index in [-0.39, 0.29) is 0 Å². The van der Waals surface area contributed by atoms with Crippen molar-refractivity contribution in [3.8, 4) is 0 Å². The second-order valence-corrected chi connectivity index (χ2v) is 7.83. The van der Waals surface area contributed by atoms with Crippen LogP contribution in [0.25, 0.3) is 10.9 Å². The minimum Gasteiger partial charge on any atom is -0.355 e. The summed E-state index contributed by atoms with van der Waals surface area (Å²) in [5.74, 6) is 1.54. The SMILES string of the molecule is CC1(C)C2CC=C(/C=N/N3C=Nc4c([nH]c5ccccc45)C3)C1C2. The van der Waals surface area contributed by atoms with Crippen LogP contribution in [0.3, 0.4) is 0 Å². The van der Waals surface area contributed by atoms with E-state index in [1.54, 1.807) is 0 Å². The van der Waals surface area contributed by atoms with Gasteiger partial charge in [-0.1, -0.05) is 38.1 Å². The molecule has 1 saturated carbocycles. The summed E-state index contributed by atoms with van der Waals surface area (Å²) in [6.45, 7) is 5.53. The minimum atomic E-state index is 0.441. The van der Waals surface area contributed by atoms with Gasteiger partial charge < -0.3 is 4.98 Å². The molecule has 2 heterocycles. The summed E-state index contributed by atoms with van der Waals surface area (Å²) in [7, 11) is 0. The first kappa shape index (κ1) is 14.0. The molecule has 4 heteroatoms. The summed E-state index contributed by atoms with van der Waals surface area (Å²) < 4.78 is 0. The molecule has 1 fully saturated rings. The van der Waals surface area contributed by atoms with Crippen molar-refractivity contribution in [3.05, 3.63) is 41.6 Å². The standard InChI is InChI=1S/C20H22N4/c1-20(2)14-8-7-13(16(20)9-14)10-22-24-11-18-19(21-12-24)15-5-3-4-6-17(15)23-18/h3-7,10,12,14,16,23H,8-9,11H2,1-2H3/b22-10+. The van der Waals surface area contributed by atoms with Gasteiger partial charge in [0, 0.05) is 10.9 Å². The number of allylic oxidation sites excluding steroid dienone is 2. The highest BCUT2D eigenvalue weighted by molar-refractivity contribution is 5.95. The number of nitrogens with zero attached hydrogens (tertiary/aromatic N) is 3. The number of aliphatic imine (C=N–C) groups is 1. The second kappa shape index (κ2) is 4.82. The number of benzene rings is 1. The van der Waals surface area contributed by atoms with E-state index in [4.69, 9.17) is 0 Å². The molecule has 1 aromatic heterocycles. The number of rotatable bonds is 2. The molecule has 1 aromatic carbocycles. The molecule has 6 rings (SSSR count). The summed E-state index contributed by atoms with van der Waals surface area (Å²) in [5.41, 5.74) is 5.17. The number of para-hydroxylation sites is 1. The van der Waals surface area contributed by atoms with Gasteiger partial charge in [0.05, 0.1) is 24.1 Å². The predicted octanol–water partition coefficient (Wildman–Crippen LogP) is 4.62. The number of hydrogen-bond donors (Lipinski definition) is 1. The molecule has 2 aromatic rings. The van der Waals surface area contributed by atoms with Crippen molar-refractivity contribution in [2.24, 2.45) is 27.3 Å². The third kappa shape index (κ3) is 1.92. The molecule has 0 radical (unpaired) electrons. The first-order valence-electron chi connectivity index (χ1n) is 8.77. The lowest BCUT2D eigenvalue weighted by Crippen LogP contribution is -2.48. The Morgan fingerprint density at radius 2 is 2.21 bits per heavy atom. The molecule has 0 spiro atoms. The van der Waals surface area contributed by atoms with Crippen molar-refractivity contribution in [2.45, 2.75) is 33.2 Å². The van der Waals surface area contributed by atoms with Gasteiger partial charge in [-0.05, 0) is 41.7 Å². The average molecular weight is 318 g/mol. The Kier molecular flexibility index (Phi) is 2.82. The van der Waals surface area contributed by atoms with Gasteiger partial charge in [-0.25, -0.2) is 10.0 Å². The minimum absolute atomic E-state index is 0.441. The van der Waals surface area contributed by atoms with E-state index in [2.05, 4.69) is 59.4 Å². The molecule has 4 aliphatic rings. The molecule has 4 nitrogen and oxygen atoms in total. The quantitative estimate of drug-likeness (QED) is 0.807. The van der Waals surface area contributed by atoms with E-state index in [1.165, 1.54) is 23.8 Å². The molecule has 1 N–H and O–H groups in total. The Labute approximate surface area is 142 Å². The van der Waals surface area contributed by atoms with E-state index in [1.807, 2.05) is 17.4 Å². The predicted molar refractivity (Wildman–Crippen MR) is 98.6 cm³/mol. The van der Waals surface area contributed by atoms with Gasteiger partial charge in [-0.2, -0.15) is 5.10 Å². The van der Waals surface area contributed by atoms with E-state index in [9.17, 15) is 0 Å². The number of aromatic nitrogens is 1. The zero-order valence-electron chi connectivity index (χ0n) is 14.2. The number of hydrogen-bond acceptors (Lipinski definition) is 3. The summed E-state index contributed by atoms with van der Waals surface area (Å²) in [5, 5.41) is 7.80. The Hall–Kier alpha value is -2.36. The van der Waals surface area contributed by atoms with Crippen molar-refractivity contribution in [1.82, 2.24) is 9.99 Å². The third-order valence-electron chi connectivity index (χ3n) is 6.26. The van der Waals surface area contributed by atoms with Crippen molar-refractivity contribution in [3.63, 3.8) is 0 Å². The number of hydrazone groups is 1. The zero-order chi connectivity index (χ0) is 16.3. The third-order valence-corrected chi connectivity index (χ3v) is 6.26. The highest BCUT2D eigenvalue weighted by atomic mass is 15.5. The van der Waals surface area contributed by atoms with E-state index < -0.39 is 0 Å². The van der Waals surface area contributed by atoms with Gasteiger partial charge in [0.1, 0.15) is 6.34 Å². The van der Waals surface area contributed by atoms with Gasteiger partial charge in [0.15, 0.2) is 0 Å². The zero-order valence-corrected chi connectivity index (χ0v) is 14.2. The highest BCUT2D eigenvalue weighted by Crippen LogP contribution is 2.58. The lowest BCUT2D eigenvalue weighted by molar-refractivity contribution is -0.00132. The number of fused-ring (bicyclic) bond motifs is 4. The normalized spacial score (nSPS) is 27.2. The van der Waals surface area contributed by atoms with Gasteiger partial charge >= 0.3 is 0 Å². The Morgan fingerprint density at radius 3 is 3.04 bits per heavy atom. The molecule has 3 aliphatic carbocycles. The first-order chi connectivity index (χ1) is 11.6. The fourth-order valence-electron chi connectivity index (χ4n) is 4.53. The van der Waals surface area contributed by atoms with Crippen LogP contribution in [-0.4, -0.2) is 22.5 Å². The molecule has 122 valence electrons. The highest BCUT2D eigenvalue weighted by Gasteiger charge is 2.50.